The number of ether oxygens (including phenoxy) is 2. The van der Waals surface area contributed by atoms with Gasteiger partial charge in [0.2, 0.25) is 4.96 Å². The number of aryl methyl sites for hydroxylation is 2. The average Bonchev–Trinajstić information content (AvgIpc) is 3.32. The Morgan fingerprint density at radius 2 is 1.75 bits per heavy atom. The summed E-state index contributed by atoms with van der Waals surface area (Å²) < 4.78 is 12.5. The summed E-state index contributed by atoms with van der Waals surface area (Å²) in [6.07, 6.45) is 5.61. The molecule has 7 heteroatoms. The Kier molecular flexibility index (Phi) is 5.34. The van der Waals surface area contributed by atoms with Crippen LogP contribution in [0.2, 0.25) is 0 Å². The molecule has 28 heavy (non-hydrogen) atoms. The van der Waals surface area contributed by atoms with Crippen molar-refractivity contribution in [1.29, 1.82) is 0 Å². The van der Waals surface area contributed by atoms with Crippen molar-refractivity contribution in [3.05, 3.63) is 70.5 Å². The summed E-state index contributed by atoms with van der Waals surface area (Å²) in [6.45, 7) is 0. The molecule has 2 aromatic heterocycles. The Labute approximate surface area is 167 Å². The standard InChI is InChI=1S/C21H20N4O2S/c1-26-17-11-8-16(14-18(17)27-2)9-12-19-22-23-21-25(19)24-20(28-21)13-10-15-6-4-3-5-7-15/h3-8,10-11,13-14H,9,12H2,1-2H3. The lowest BCUT2D eigenvalue weighted by molar-refractivity contribution is 0.354. The summed E-state index contributed by atoms with van der Waals surface area (Å²) in [5, 5.41) is 14.1. The summed E-state index contributed by atoms with van der Waals surface area (Å²) in [5.74, 6) is 2.30. The van der Waals surface area contributed by atoms with Crippen LogP contribution in [0.4, 0.5) is 0 Å². The molecule has 0 aliphatic heterocycles. The van der Waals surface area contributed by atoms with Gasteiger partial charge in [0, 0.05) is 6.42 Å². The van der Waals surface area contributed by atoms with Crippen molar-refractivity contribution in [3.63, 3.8) is 0 Å². The fourth-order valence-electron chi connectivity index (χ4n) is 2.92. The Balaban J connectivity index is 1.49. The van der Waals surface area contributed by atoms with Crippen molar-refractivity contribution in [2.75, 3.05) is 14.2 Å². The second kappa shape index (κ2) is 8.22. The molecule has 0 atom stereocenters. The van der Waals surface area contributed by atoms with Crippen molar-refractivity contribution in [2.45, 2.75) is 12.8 Å². The predicted octanol–water partition coefficient (Wildman–Crippen LogP) is 4.16. The smallest absolute Gasteiger partial charge is 0.234 e. The van der Waals surface area contributed by atoms with E-state index in [1.165, 1.54) is 11.3 Å². The van der Waals surface area contributed by atoms with Crippen LogP contribution in [-0.2, 0) is 12.8 Å². The van der Waals surface area contributed by atoms with Gasteiger partial charge in [0.1, 0.15) is 5.01 Å². The molecule has 0 bridgehead atoms. The topological polar surface area (TPSA) is 61.5 Å². The third kappa shape index (κ3) is 3.89. The van der Waals surface area contributed by atoms with Gasteiger partial charge in [0.15, 0.2) is 17.3 Å². The minimum atomic E-state index is 0.727. The minimum absolute atomic E-state index is 0.727. The van der Waals surface area contributed by atoms with Gasteiger partial charge in [0.25, 0.3) is 0 Å². The molecule has 4 rings (SSSR count). The fourth-order valence-corrected chi connectivity index (χ4v) is 3.68. The maximum atomic E-state index is 5.37. The lowest BCUT2D eigenvalue weighted by Crippen LogP contribution is -2.00. The van der Waals surface area contributed by atoms with Crippen LogP contribution < -0.4 is 9.47 Å². The lowest BCUT2D eigenvalue weighted by atomic mass is 10.1. The lowest BCUT2D eigenvalue weighted by Gasteiger charge is -2.09. The molecule has 0 aliphatic rings. The first-order valence-corrected chi connectivity index (χ1v) is 9.73. The minimum Gasteiger partial charge on any atom is -0.493 e. The summed E-state index contributed by atoms with van der Waals surface area (Å²) in [7, 11) is 3.28. The molecule has 0 radical (unpaired) electrons. The molecule has 142 valence electrons. The van der Waals surface area contributed by atoms with Crippen LogP contribution in [-0.4, -0.2) is 34.0 Å². The van der Waals surface area contributed by atoms with E-state index in [9.17, 15) is 0 Å². The van der Waals surface area contributed by atoms with E-state index in [0.29, 0.717) is 0 Å². The van der Waals surface area contributed by atoms with Crippen LogP contribution >= 0.6 is 11.3 Å². The van der Waals surface area contributed by atoms with E-state index < -0.39 is 0 Å². The van der Waals surface area contributed by atoms with Crippen LogP contribution in [0.15, 0.2) is 48.5 Å². The highest BCUT2D eigenvalue weighted by Crippen LogP contribution is 2.28. The van der Waals surface area contributed by atoms with Crippen molar-refractivity contribution < 1.29 is 9.47 Å². The molecule has 0 unspecified atom stereocenters. The molecule has 0 fully saturated rings. The number of aromatic nitrogens is 4. The zero-order valence-electron chi connectivity index (χ0n) is 15.7. The van der Waals surface area contributed by atoms with E-state index in [1.54, 1.807) is 14.2 Å². The molecule has 0 amide bonds. The van der Waals surface area contributed by atoms with Gasteiger partial charge in [-0.15, -0.1) is 10.2 Å². The van der Waals surface area contributed by atoms with Gasteiger partial charge < -0.3 is 9.47 Å². The van der Waals surface area contributed by atoms with Crippen LogP contribution in [0.1, 0.15) is 22.0 Å². The van der Waals surface area contributed by atoms with Gasteiger partial charge in [-0.1, -0.05) is 53.8 Å². The molecular formula is C21H20N4O2S. The van der Waals surface area contributed by atoms with Gasteiger partial charge >= 0.3 is 0 Å². The monoisotopic (exact) mass is 392 g/mol. The molecule has 0 saturated heterocycles. The molecule has 4 aromatic rings. The van der Waals surface area contributed by atoms with E-state index in [4.69, 9.17) is 9.47 Å². The molecule has 2 heterocycles. The van der Waals surface area contributed by atoms with Gasteiger partial charge in [-0.05, 0) is 35.8 Å². The Morgan fingerprint density at radius 1 is 0.929 bits per heavy atom. The number of hydrogen-bond acceptors (Lipinski definition) is 6. The SMILES string of the molecule is COc1ccc(CCc2nnc3sc(C=Cc4ccccc4)nn23)cc1OC. The molecular weight excluding hydrogens is 372 g/mol. The first kappa shape index (κ1) is 18.2. The van der Waals surface area contributed by atoms with E-state index in [2.05, 4.69) is 33.5 Å². The highest BCUT2D eigenvalue weighted by molar-refractivity contribution is 7.17. The second-order valence-electron chi connectivity index (χ2n) is 6.18. The van der Waals surface area contributed by atoms with E-state index in [0.717, 1.165) is 51.3 Å². The van der Waals surface area contributed by atoms with E-state index >= 15 is 0 Å². The van der Waals surface area contributed by atoms with Crippen molar-refractivity contribution >= 4 is 28.4 Å². The van der Waals surface area contributed by atoms with Crippen LogP contribution in [0, 0.1) is 0 Å². The summed E-state index contributed by atoms with van der Waals surface area (Å²) >= 11 is 1.52. The predicted molar refractivity (Wildman–Crippen MR) is 111 cm³/mol. The number of methoxy groups -OCH3 is 2. The summed E-state index contributed by atoms with van der Waals surface area (Å²) in [5.41, 5.74) is 2.29. The van der Waals surface area contributed by atoms with Gasteiger partial charge in [0.05, 0.1) is 14.2 Å². The van der Waals surface area contributed by atoms with Crippen LogP contribution in [0.5, 0.6) is 11.5 Å². The maximum absolute atomic E-state index is 5.37. The van der Waals surface area contributed by atoms with Crippen LogP contribution in [0.3, 0.4) is 0 Å². The third-order valence-electron chi connectivity index (χ3n) is 4.37. The number of nitrogens with zero attached hydrogens (tertiary/aromatic N) is 4. The first-order chi connectivity index (χ1) is 13.8. The van der Waals surface area contributed by atoms with Crippen LogP contribution in [0.25, 0.3) is 17.1 Å². The molecule has 0 spiro atoms. The molecule has 2 aromatic carbocycles. The second-order valence-corrected chi connectivity index (χ2v) is 7.17. The largest absolute Gasteiger partial charge is 0.493 e. The zero-order chi connectivity index (χ0) is 19.3. The fraction of sp³-hybridized carbons (Fsp3) is 0.190. The summed E-state index contributed by atoms with van der Waals surface area (Å²) in [6, 6.07) is 16.1. The Hall–Kier alpha value is -3.19. The maximum Gasteiger partial charge on any atom is 0.234 e. The van der Waals surface area contributed by atoms with E-state index in [-0.39, 0.29) is 0 Å². The number of hydrogen-bond donors (Lipinski definition) is 0. The van der Waals surface area contributed by atoms with Crippen molar-refractivity contribution in [3.8, 4) is 11.5 Å². The zero-order valence-corrected chi connectivity index (χ0v) is 16.5. The average molecular weight is 392 g/mol. The molecule has 0 saturated carbocycles. The molecule has 0 N–H and O–H groups in total. The van der Waals surface area contributed by atoms with Gasteiger partial charge in [-0.2, -0.15) is 9.61 Å². The highest BCUT2D eigenvalue weighted by Gasteiger charge is 2.11. The third-order valence-corrected chi connectivity index (χ3v) is 5.24. The van der Waals surface area contributed by atoms with Crippen molar-refractivity contribution in [1.82, 2.24) is 19.8 Å². The normalized spacial score (nSPS) is 11.4. The Bertz CT molecular complexity index is 1100. The Morgan fingerprint density at radius 3 is 2.54 bits per heavy atom. The van der Waals surface area contributed by atoms with Crippen molar-refractivity contribution in [2.24, 2.45) is 0 Å². The highest BCUT2D eigenvalue weighted by atomic mass is 32.1. The number of benzene rings is 2. The van der Waals surface area contributed by atoms with Gasteiger partial charge in [-0.25, -0.2) is 0 Å². The van der Waals surface area contributed by atoms with Gasteiger partial charge in [-0.3, -0.25) is 0 Å². The first-order valence-electron chi connectivity index (χ1n) is 8.92. The molecule has 0 aliphatic carbocycles. The summed E-state index contributed by atoms with van der Waals surface area (Å²) in [4.78, 5) is 0.801. The number of fused-ring (bicyclic) bond motifs is 1. The van der Waals surface area contributed by atoms with E-state index in [1.807, 2.05) is 47.0 Å². The molecule has 6 nitrogen and oxygen atoms in total. The number of rotatable bonds is 7. The quantitative estimate of drug-likeness (QED) is 0.473.